The largest absolute Gasteiger partial charge is 0.348 e. The fourth-order valence-electron chi connectivity index (χ4n) is 4.34. The lowest BCUT2D eigenvalue weighted by molar-refractivity contribution is -0.128. The summed E-state index contributed by atoms with van der Waals surface area (Å²) < 4.78 is 0. The molecule has 5 rings (SSSR count). The van der Waals surface area contributed by atoms with Crippen molar-refractivity contribution in [3.8, 4) is 0 Å². The zero-order chi connectivity index (χ0) is 27.2. The quantitative estimate of drug-likeness (QED) is 0.267. The fourth-order valence-corrected chi connectivity index (χ4v) is 5.66. The van der Waals surface area contributed by atoms with E-state index in [4.69, 9.17) is 11.6 Å². The summed E-state index contributed by atoms with van der Waals surface area (Å²) in [5, 5.41) is 6.29. The van der Waals surface area contributed by atoms with Gasteiger partial charge >= 0.3 is 0 Å². The van der Waals surface area contributed by atoms with Crippen LogP contribution in [-0.2, 0) is 17.9 Å². The van der Waals surface area contributed by atoms with Gasteiger partial charge in [0.1, 0.15) is 5.37 Å². The third-order valence-electron chi connectivity index (χ3n) is 6.41. The second-order valence-electron chi connectivity index (χ2n) is 9.10. The third kappa shape index (κ3) is 6.50. The smallest absolute Gasteiger partial charge is 0.255 e. The van der Waals surface area contributed by atoms with Crippen LogP contribution in [0.4, 0.5) is 5.69 Å². The Hall–Kier alpha value is -4.07. The summed E-state index contributed by atoms with van der Waals surface area (Å²) in [4.78, 5) is 40.4. The molecule has 1 fully saturated rings. The summed E-state index contributed by atoms with van der Waals surface area (Å²) in [6, 6.07) is 31.3. The first kappa shape index (κ1) is 26.5. The molecule has 1 aliphatic rings. The van der Waals surface area contributed by atoms with Crippen LogP contribution >= 0.6 is 23.4 Å². The lowest BCUT2D eigenvalue weighted by atomic mass is 10.1. The molecule has 0 spiro atoms. The minimum absolute atomic E-state index is 0.0731. The highest BCUT2D eigenvalue weighted by molar-refractivity contribution is 8.00. The van der Waals surface area contributed by atoms with Gasteiger partial charge in [-0.2, -0.15) is 0 Å². The Morgan fingerprint density at radius 2 is 1.51 bits per heavy atom. The lowest BCUT2D eigenvalue weighted by Gasteiger charge is -2.24. The molecule has 0 aliphatic carbocycles. The lowest BCUT2D eigenvalue weighted by Crippen LogP contribution is -2.27. The van der Waals surface area contributed by atoms with Crippen molar-refractivity contribution in [1.82, 2.24) is 10.2 Å². The van der Waals surface area contributed by atoms with Crippen molar-refractivity contribution in [2.45, 2.75) is 18.5 Å². The van der Waals surface area contributed by atoms with Gasteiger partial charge in [0.05, 0.1) is 17.0 Å². The predicted octanol–water partition coefficient (Wildman–Crippen LogP) is 6.30. The van der Waals surface area contributed by atoms with Crippen LogP contribution in [0.2, 0.25) is 5.02 Å². The van der Waals surface area contributed by atoms with E-state index >= 15 is 0 Å². The molecule has 1 heterocycles. The summed E-state index contributed by atoms with van der Waals surface area (Å²) in [5.74, 6) is -0.111. The Balaban J connectivity index is 1.25. The molecule has 8 heteroatoms. The maximum Gasteiger partial charge on any atom is 0.255 e. The molecule has 4 aromatic carbocycles. The van der Waals surface area contributed by atoms with E-state index in [9.17, 15) is 14.4 Å². The Morgan fingerprint density at radius 1 is 0.821 bits per heavy atom. The van der Waals surface area contributed by atoms with E-state index in [1.807, 2.05) is 71.6 Å². The Bertz CT molecular complexity index is 1480. The molecule has 4 aromatic rings. The van der Waals surface area contributed by atoms with Crippen LogP contribution in [0.25, 0.3) is 0 Å². The maximum atomic E-state index is 13.1. The zero-order valence-electron chi connectivity index (χ0n) is 21.0. The highest BCUT2D eigenvalue weighted by atomic mass is 35.5. The second kappa shape index (κ2) is 12.2. The first-order chi connectivity index (χ1) is 19.0. The maximum absolute atomic E-state index is 13.1. The van der Waals surface area contributed by atoms with E-state index < -0.39 is 0 Å². The number of anilines is 1. The van der Waals surface area contributed by atoms with Crippen LogP contribution in [0.5, 0.6) is 0 Å². The van der Waals surface area contributed by atoms with Crippen molar-refractivity contribution in [2.24, 2.45) is 0 Å². The number of amides is 3. The van der Waals surface area contributed by atoms with Crippen molar-refractivity contribution in [3.63, 3.8) is 0 Å². The summed E-state index contributed by atoms with van der Waals surface area (Å²) >= 11 is 7.56. The molecule has 6 nitrogen and oxygen atoms in total. The fraction of sp³-hybridized carbons (Fsp3) is 0.129. The number of nitrogens with zero attached hydrogens (tertiary/aromatic N) is 1. The number of hydrogen-bond acceptors (Lipinski definition) is 4. The molecule has 0 unspecified atom stereocenters. The van der Waals surface area contributed by atoms with Gasteiger partial charge in [-0.15, -0.1) is 11.8 Å². The Labute approximate surface area is 236 Å². The molecule has 0 radical (unpaired) electrons. The highest BCUT2D eigenvalue weighted by Crippen LogP contribution is 2.39. The van der Waals surface area contributed by atoms with Crippen LogP contribution in [0.15, 0.2) is 103 Å². The van der Waals surface area contributed by atoms with E-state index in [2.05, 4.69) is 10.6 Å². The topological polar surface area (TPSA) is 78.5 Å². The van der Waals surface area contributed by atoms with Crippen molar-refractivity contribution < 1.29 is 14.4 Å². The molecule has 0 saturated carbocycles. The van der Waals surface area contributed by atoms with Gasteiger partial charge in [0, 0.05) is 23.7 Å². The first-order valence-electron chi connectivity index (χ1n) is 12.5. The van der Waals surface area contributed by atoms with E-state index in [-0.39, 0.29) is 23.1 Å². The van der Waals surface area contributed by atoms with Crippen molar-refractivity contribution >= 4 is 46.8 Å². The van der Waals surface area contributed by atoms with Gasteiger partial charge in [-0.3, -0.25) is 14.4 Å². The summed E-state index contributed by atoms with van der Waals surface area (Å²) in [5.41, 5.74) is 4.21. The van der Waals surface area contributed by atoms with E-state index in [0.29, 0.717) is 40.7 Å². The molecular weight excluding hydrogens is 530 g/mol. The molecule has 1 aliphatic heterocycles. The number of para-hydroxylation sites is 1. The monoisotopic (exact) mass is 555 g/mol. The number of hydrogen-bond donors (Lipinski definition) is 2. The number of rotatable bonds is 8. The van der Waals surface area contributed by atoms with Gasteiger partial charge < -0.3 is 15.5 Å². The Kier molecular flexibility index (Phi) is 8.30. The van der Waals surface area contributed by atoms with Crippen LogP contribution in [-0.4, -0.2) is 28.4 Å². The third-order valence-corrected chi connectivity index (χ3v) is 7.92. The number of carbonyl (C=O) groups is 3. The highest BCUT2D eigenvalue weighted by Gasteiger charge is 2.32. The minimum Gasteiger partial charge on any atom is -0.348 e. The average molecular weight is 556 g/mol. The SMILES string of the molecule is O=C(Nc1ccccc1C(=O)NCc1ccccc1)c1ccc([C@H]2SCC(=O)N2Cc2ccc(Cl)cc2)cc1. The van der Waals surface area contributed by atoms with Gasteiger partial charge in [0.25, 0.3) is 11.8 Å². The molecule has 1 saturated heterocycles. The first-order valence-corrected chi connectivity index (χ1v) is 13.9. The van der Waals surface area contributed by atoms with Gasteiger partial charge in [0.15, 0.2) is 0 Å². The molecule has 0 bridgehead atoms. The Morgan fingerprint density at radius 3 is 2.26 bits per heavy atom. The average Bonchev–Trinajstić information content (AvgIpc) is 3.33. The molecule has 1 atom stereocenters. The summed E-state index contributed by atoms with van der Waals surface area (Å²) in [6.45, 7) is 0.874. The molecular formula is C31H26ClN3O3S. The normalized spacial score (nSPS) is 14.7. The minimum atomic E-state index is -0.321. The molecule has 3 amide bonds. The van der Waals surface area contributed by atoms with Crippen LogP contribution in [0, 0.1) is 0 Å². The van der Waals surface area contributed by atoms with Crippen LogP contribution in [0.3, 0.4) is 0 Å². The predicted molar refractivity (Wildman–Crippen MR) is 156 cm³/mol. The number of benzene rings is 4. The van der Waals surface area contributed by atoms with Crippen LogP contribution in [0.1, 0.15) is 42.8 Å². The van der Waals surface area contributed by atoms with E-state index in [0.717, 1.165) is 16.7 Å². The number of carbonyl (C=O) groups excluding carboxylic acids is 3. The van der Waals surface area contributed by atoms with Gasteiger partial charge in [-0.05, 0) is 53.1 Å². The van der Waals surface area contributed by atoms with Gasteiger partial charge in [-0.1, -0.05) is 78.3 Å². The van der Waals surface area contributed by atoms with Gasteiger partial charge in [0.2, 0.25) is 5.91 Å². The van der Waals surface area contributed by atoms with Crippen molar-refractivity contribution in [3.05, 3.63) is 136 Å². The summed E-state index contributed by atoms with van der Waals surface area (Å²) in [7, 11) is 0. The molecule has 0 aromatic heterocycles. The summed E-state index contributed by atoms with van der Waals surface area (Å²) in [6.07, 6.45) is 0. The van der Waals surface area contributed by atoms with E-state index in [1.54, 1.807) is 48.2 Å². The van der Waals surface area contributed by atoms with Crippen molar-refractivity contribution in [1.29, 1.82) is 0 Å². The second-order valence-corrected chi connectivity index (χ2v) is 10.6. The van der Waals surface area contributed by atoms with Gasteiger partial charge in [-0.25, -0.2) is 0 Å². The number of halogens is 1. The number of nitrogens with one attached hydrogen (secondary N) is 2. The standard InChI is InChI=1S/C31H26ClN3O3S/c32-25-16-10-22(11-17-25)19-35-28(36)20-39-31(35)24-14-12-23(13-15-24)29(37)34-27-9-5-4-8-26(27)30(38)33-18-21-6-2-1-3-7-21/h1-17,31H,18-20H2,(H,33,38)(H,34,37)/t31-/m1/s1. The van der Waals surface area contributed by atoms with Crippen LogP contribution < -0.4 is 10.6 Å². The molecule has 2 N–H and O–H groups in total. The van der Waals surface area contributed by atoms with Crippen molar-refractivity contribution in [2.75, 3.05) is 11.1 Å². The zero-order valence-corrected chi connectivity index (χ0v) is 22.5. The molecule has 39 heavy (non-hydrogen) atoms. The number of thioether (sulfide) groups is 1. The molecule has 196 valence electrons. The van der Waals surface area contributed by atoms with E-state index in [1.165, 1.54) is 0 Å².